The smallest absolute Gasteiger partial charge is 0.165 e. The predicted octanol–water partition coefficient (Wildman–Crippen LogP) is 6.61. The number of pyridine rings is 1. The summed E-state index contributed by atoms with van der Waals surface area (Å²) >= 11 is 17.6. The lowest BCUT2D eigenvalue weighted by Gasteiger charge is -2.20. The number of anilines is 1. The van der Waals surface area contributed by atoms with Gasteiger partial charge < -0.3 is 5.32 Å². The molecule has 2 aromatic carbocycles. The Morgan fingerprint density at radius 2 is 1.56 bits per heavy atom. The second kappa shape index (κ2) is 8.70. The van der Waals surface area contributed by atoms with Crippen LogP contribution >= 0.6 is 34.8 Å². The number of hydrogen-bond acceptors (Lipinski definition) is 3. The Bertz CT molecular complexity index is 946. The van der Waals surface area contributed by atoms with Gasteiger partial charge in [-0.05, 0) is 54.6 Å². The minimum Gasteiger partial charge on any atom is -0.376 e. The number of nitrogens with one attached hydrogen (secondary N) is 1. The molecule has 1 heterocycles. The Kier molecular flexibility index (Phi) is 6.32. The number of carbonyl (C=O) groups is 1. The summed E-state index contributed by atoms with van der Waals surface area (Å²) in [6.45, 7) is 0. The van der Waals surface area contributed by atoms with E-state index in [1.54, 1.807) is 48.5 Å². The van der Waals surface area contributed by atoms with Crippen molar-refractivity contribution in [2.45, 2.75) is 12.5 Å². The molecule has 3 nitrogen and oxygen atoms in total. The van der Waals surface area contributed by atoms with Crippen molar-refractivity contribution in [1.82, 2.24) is 4.98 Å². The summed E-state index contributed by atoms with van der Waals surface area (Å²) in [7, 11) is 0. The maximum atomic E-state index is 14.4. The van der Waals surface area contributed by atoms with Crippen LogP contribution in [0.4, 0.5) is 10.1 Å². The molecule has 0 saturated heterocycles. The molecule has 0 aliphatic carbocycles. The van der Waals surface area contributed by atoms with E-state index in [1.807, 2.05) is 0 Å². The lowest BCUT2D eigenvalue weighted by molar-refractivity contribution is 0.0975. The quantitative estimate of drug-likeness (QED) is 0.454. The number of carbonyl (C=O) groups excluding carboxylic acids is 1. The lowest BCUT2D eigenvalue weighted by Crippen LogP contribution is -2.18. The number of hydrogen-bond donors (Lipinski definition) is 1. The van der Waals surface area contributed by atoms with Crippen molar-refractivity contribution in [1.29, 1.82) is 0 Å². The minimum atomic E-state index is -0.688. The SMILES string of the molecule is O=C(CC(Nc1ccc(Cl)cc1)c1ncc(Cl)cc1F)c1ccc(Cl)cc1. The molecule has 3 rings (SSSR count). The van der Waals surface area contributed by atoms with Gasteiger partial charge in [0.15, 0.2) is 5.78 Å². The van der Waals surface area contributed by atoms with Crippen LogP contribution < -0.4 is 5.32 Å². The summed E-state index contributed by atoms with van der Waals surface area (Å²) in [5.74, 6) is -0.757. The van der Waals surface area contributed by atoms with Gasteiger partial charge in [-0.2, -0.15) is 0 Å². The largest absolute Gasteiger partial charge is 0.376 e. The maximum Gasteiger partial charge on any atom is 0.165 e. The number of Topliss-reactive ketones (excluding diaryl/α,β-unsaturated/α-hetero) is 1. The number of halogens is 4. The van der Waals surface area contributed by atoms with Crippen LogP contribution in [0.5, 0.6) is 0 Å². The summed E-state index contributed by atoms with van der Waals surface area (Å²) in [4.78, 5) is 16.8. The highest BCUT2D eigenvalue weighted by molar-refractivity contribution is 6.31. The maximum absolute atomic E-state index is 14.4. The average Bonchev–Trinajstić information content (AvgIpc) is 2.63. The molecule has 0 aliphatic heterocycles. The van der Waals surface area contributed by atoms with Crippen LogP contribution in [0.1, 0.15) is 28.5 Å². The van der Waals surface area contributed by atoms with Crippen LogP contribution in [0.25, 0.3) is 0 Å². The van der Waals surface area contributed by atoms with Crippen molar-refractivity contribution in [3.8, 4) is 0 Å². The molecule has 1 N–H and O–H groups in total. The zero-order valence-electron chi connectivity index (χ0n) is 13.9. The van der Waals surface area contributed by atoms with Gasteiger partial charge in [-0.3, -0.25) is 9.78 Å². The summed E-state index contributed by atoms with van der Waals surface area (Å²) in [5, 5.41) is 4.44. The fraction of sp³-hybridized carbons (Fsp3) is 0.100. The van der Waals surface area contributed by atoms with E-state index in [0.29, 0.717) is 21.3 Å². The van der Waals surface area contributed by atoms with Gasteiger partial charge in [0, 0.05) is 33.9 Å². The fourth-order valence-corrected chi connectivity index (χ4v) is 2.98. The third kappa shape index (κ3) is 5.19. The first-order valence-corrected chi connectivity index (χ1v) is 9.17. The van der Waals surface area contributed by atoms with Crippen LogP contribution in [0.3, 0.4) is 0 Å². The molecule has 1 unspecified atom stereocenters. The van der Waals surface area contributed by atoms with Crippen molar-refractivity contribution in [2.24, 2.45) is 0 Å². The van der Waals surface area contributed by atoms with Crippen molar-refractivity contribution < 1.29 is 9.18 Å². The molecular formula is C20H14Cl3FN2O. The monoisotopic (exact) mass is 422 g/mol. The molecule has 0 radical (unpaired) electrons. The van der Waals surface area contributed by atoms with Crippen molar-refractivity contribution in [2.75, 3.05) is 5.32 Å². The van der Waals surface area contributed by atoms with Crippen molar-refractivity contribution >= 4 is 46.3 Å². The molecule has 0 amide bonds. The van der Waals surface area contributed by atoms with Crippen LogP contribution in [0.15, 0.2) is 60.8 Å². The van der Waals surface area contributed by atoms with E-state index in [9.17, 15) is 9.18 Å². The van der Waals surface area contributed by atoms with Gasteiger partial charge in [-0.1, -0.05) is 34.8 Å². The molecule has 7 heteroatoms. The number of aromatic nitrogens is 1. The van der Waals surface area contributed by atoms with E-state index in [0.717, 1.165) is 0 Å². The van der Waals surface area contributed by atoms with E-state index in [1.165, 1.54) is 12.3 Å². The van der Waals surface area contributed by atoms with Gasteiger partial charge >= 0.3 is 0 Å². The lowest BCUT2D eigenvalue weighted by atomic mass is 10.0. The zero-order chi connectivity index (χ0) is 19.4. The molecule has 3 aromatic rings. The van der Waals surface area contributed by atoms with E-state index in [4.69, 9.17) is 34.8 Å². The zero-order valence-corrected chi connectivity index (χ0v) is 16.2. The molecule has 0 fully saturated rings. The Hall–Kier alpha value is -2.14. The highest BCUT2D eigenvalue weighted by atomic mass is 35.5. The number of ketones is 1. The second-order valence-corrected chi connectivity index (χ2v) is 7.17. The number of rotatable bonds is 6. The first-order chi connectivity index (χ1) is 12.9. The molecule has 0 aliphatic rings. The molecule has 0 saturated carbocycles. The molecule has 27 heavy (non-hydrogen) atoms. The average molecular weight is 424 g/mol. The molecule has 1 atom stereocenters. The molecule has 0 bridgehead atoms. The second-order valence-electron chi connectivity index (χ2n) is 5.86. The first-order valence-electron chi connectivity index (χ1n) is 8.04. The van der Waals surface area contributed by atoms with Gasteiger partial charge in [-0.15, -0.1) is 0 Å². The van der Waals surface area contributed by atoms with Crippen LogP contribution in [0.2, 0.25) is 15.1 Å². The summed E-state index contributed by atoms with van der Waals surface area (Å²) in [6.07, 6.45) is 1.35. The van der Waals surface area contributed by atoms with Crippen LogP contribution in [0, 0.1) is 5.82 Å². The van der Waals surface area contributed by atoms with Gasteiger partial charge in [-0.25, -0.2) is 4.39 Å². The summed E-state index contributed by atoms with van der Waals surface area (Å²) in [6, 6.07) is 13.9. The fourth-order valence-electron chi connectivity index (χ4n) is 2.58. The summed E-state index contributed by atoms with van der Waals surface area (Å²) < 4.78 is 14.4. The van der Waals surface area contributed by atoms with Gasteiger partial charge in [0.05, 0.1) is 16.8 Å². The minimum absolute atomic E-state index is 0.00416. The van der Waals surface area contributed by atoms with Crippen molar-refractivity contribution in [3.63, 3.8) is 0 Å². The highest BCUT2D eigenvalue weighted by Gasteiger charge is 2.22. The predicted molar refractivity (Wildman–Crippen MR) is 107 cm³/mol. The van der Waals surface area contributed by atoms with E-state index >= 15 is 0 Å². The molecular weight excluding hydrogens is 410 g/mol. The van der Waals surface area contributed by atoms with E-state index in [-0.39, 0.29) is 22.9 Å². The van der Waals surface area contributed by atoms with E-state index in [2.05, 4.69) is 10.3 Å². The molecule has 0 spiro atoms. The van der Waals surface area contributed by atoms with E-state index < -0.39 is 11.9 Å². The molecule has 138 valence electrons. The number of benzene rings is 2. The standard InChI is InChI=1S/C20H14Cl3FN2O/c21-13-3-1-12(2-4-13)19(27)10-18(20-17(24)9-15(23)11-25-20)26-16-7-5-14(22)6-8-16/h1-9,11,18,26H,10H2. The topological polar surface area (TPSA) is 42.0 Å². The Morgan fingerprint density at radius 1 is 0.963 bits per heavy atom. The Balaban J connectivity index is 1.89. The van der Waals surface area contributed by atoms with Gasteiger partial charge in [0.2, 0.25) is 0 Å². The summed E-state index contributed by atoms with van der Waals surface area (Å²) in [5.41, 5.74) is 1.28. The van der Waals surface area contributed by atoms with Gasteiger partial charge in [0.25, 0.3) is 0 Å². The Labute approximate surface area is 171 Å². The first kappa shape index (κ1) is 19.6. The third-order valence-corrected chi connectivity index (χ3v) is 4.62. The van der Waals surface area contributed by atoms with Gasteiger partial charge in [0.1, 0.15) is 5.82 Å². The van der Waals surface area contributed by atoms with Crippen LogP contribution in [-0.4, -0.2) is 10.8 Å². The third-order valence-electron chi connectivity index (χ3n) is 3.91. The molecule has 1 aromatic heterocycles. The van der Waals surface area contributed by atoms with Crippen LogP contribution in [-0.2, 0) is 0 Å². The number of nitrogens with zero attached hydrogens (tertiary/aromatic N) is 1. The highest BCUT2D eigenvalue weighted by Crippen LogP contribution is 2.27. The normalized spacial score (nSPS) is 11.9. The Morgan fingerprint density at radius 3 is 2.15 bits per heavy atom. The van der Waals surface area contributed by atoms with Crippen molar-refractivity contribution in [3.05, 3.63) is 92.9 Å².